The van der Waals surface area contributed by atoms with Crippen molar-refractivity contribution < 1.29 is 4.79 Å². The van der Waals surface area contributed by atoms with Crippen LogP contribution in [-0.2, 0) is 0 Å². The maximum atomic E-state index is 12.0. The van der Waals surface area contributed by atoms with Crippen LogP contribution >= 0.6 is 23.1 Å². The fourth-order valence-electron chi connectivity index (χ4n) is 1.61. The summed E-state index contributed by atoms with van der Waals surface area (Å²) in [5.41, 5.74) is 2.57. The SMILES string of the molecule is Cc1ccc(C(=O)CSc2ccc(C)c(C)c2)s1. The summed E-state index contributed by atoms with van der Waals surface area (Å²) in [5.74, 6) is 0.735. The maximum absolute atomic E-state index is 12.0. The fourth-order valence-corrected chi connectivity index (χ4v) is 3.38. The quantitative estimate of drug-likeness (QED) is 0.597. The maximum Gasteiger partial charge on any atom is 0.182 e. The summed E-state index contributed by atoms with van der Waals surface area (Å²) in [5, 5.41) is 0. The molecule has 1 heterocycles. The first-order valence-electron chi connectivity index (χ1n) is 5.86. The molecule has 0 bridgehead atoms. The number of aryl methyl sites for hydroxylation is 3. The molecule has 0 radical (unpaired) electrons. The Bertz CT molecular complexity index is 570. The van der Waals surface area contributed by atoms with Gasteiger partial charge in [0.2, 0.25) is 0 Å². The van der Waals surface area contributed by atoms with E-state index in [-0.39, 0.29) is 5.78 Å². The van der Waals surface area contributed by atoms with E-state index in [1.807, 2.05) is 19.1 Å². The van der Waals surface area contributed by atoms with Gasteiger partial charge in [-0.05, 0) is 56.2 Å². The van der Waals surface area contributed by atoms with Crippen LogP contribution in [0.25, 0.3) is 0 Å². The van der Waals surface area contributed by atoms with Crippen LogP contribution in [0.5, 0.6) is 0 Å². The highest BCUT2D eigenvalue weighted by atomic mass is 32.2. The molecule has 2 aromatic rings. The monoisotopic (exact) mass is 276 g/mol. The van der Waals surface area contributed by atoms with E-state index in [9.17, 15) is 4.79 Å². The van der Waals surface area contributed by atoms with E-state index in [2.05, 4.69) is 32.0 Å². The average molecular weight is 276 g/mol. The summed E-state index contributed by atoms with van der Waals surface area (Å²) < 4.78 is 0. The van der Waals surface area contributed by atoms with Crippen molar-refractivity contribution >= 4 is 28.9 Å². The molecule has 0 aliphatic carbocycles. The molecule has 2 rings (SSSR count). The predicted molar refractivity (Wildman–Crippen MR) is 80.0 cm³/mol. The lowest BCUT2D eigenvalue weighted by Crippen LogP contribution is -1.99. The average Bonchev–Trinajstić information content (AvgIpc) is 2.77. The molecule has 18 heavy (non-hydrogen) atoms. The first-order valence-corrected chi connectivity index (χ1v) is 7.66. The van der Waals surface area contributed by atoms with Gasteiger partial charge in [-0.25, -0.2) is 0 Å². The lowest BCUT2D eigenvalue weighted by Gasteiger charge is -2.04. The number of rotatable bonds is 4. The first-order chi connectivity index (χ1) is 8.56. The Kier molecular flexibility index (Phi) is 4.25. The van der Waals surface area contributed by atoms with Crippen LogP contribution in [0, 0.1) is 20.8 Å². The second kappa shape index (κ2) is 5.72. The van der Waals surface area contributed by atoms with Crippen LogP contribution in [0.2, 0.25) is 0 Å². The lowest BCUT2D eigenvalue weighted by atomic mass is 10.1. The molecule has 0 aliphatic heterocycles. The van der Waals surface area contributed by atoms with E-state index in [1.54, 1.807) is 23.1 Å². The molecule has 0 spiro atoms. The number of Topliss-reactive ketones (excluding diaryl/α,β-unsaturated/α-hetero) is 1. The van der Waals surface area contributed by atoms with Crippen LogP contribution in [0.4, 0.5) is 0 Å². The van der Waals surface area contributed by atoms with Gasteiger partial charge in [0.1, 0.15) is 0 Å². The van der Waals surface area contributed by atoms with Crippen LogP contribution in [-0.4, -0.2) is 11.5 Å². The van der Waals surface area contributed by atoms with E-state index >= 15 is 0 Å². The summed E-state index contributed by atoms with van der Waals surface area (Å²) in [6.45, 7) is 6.23. The van der Waals surface area contributed by atoms with Crippen molar-refractivity contribution in [1.82, 2.24) is 0 Å². The Balaban J connectivity index is 1.99. The smallest absolute Gasteiger partial charge is 0.182 e. The zero-order valence-corrected chi connectivity index (χ0v) is 12.5. The molecular formula is C15H16OS2. The Morgan fingerprint density at radius 2 is 1.89 bits per heavy atom. The molecule has 0 amide bonds. The summed E-state index contributed by atoms with van der Waals surface area (Å²) in [4.78, 5) is 15.2. The molecule has 0 saturated heterocycles. The van der Waals surface area contributed by atoms with Gasteiger partial charge >= 0.3 is 0 Å². The first kappa shape index (κ1) is 13.4. The number of carbonyl (C=O) groups excluding carboxylic acids is 1. The Labute approximate surface area is 116 Å². The second-order valence-electron chi connectivity index (χ2n) is 4.37. The molecule has 1 nitrogen and oxygen atoms in total. The van der Waals surface area contributed by atoms with Gasteiger partial charge in [0.05, 0.1) is 10.6 Å². The standard InChI is InChI=1S/C15H16OS2/c1-10-4-6-13(8-11(10)2)17-9-14(16)15-7-5-12(3)18-15/h4-8H,9H2,1-3H3. The number of thioether (sulfide) groups is 1. The number of ketones is 1. The molecule has 0 N–H and O–H groups in total. The molecule has 3 heteroatoms. The third-order valence-electron chi connectivity index (χ3n) is 2.86. The van der Waals surface area contributed by atoms with Crippen LogP contribution in [0.1, 0.15) is 25.7 Å². The minimum Gasteiger partial charge on any atom is -0.292 e. The van der Waals surface area contributed by atoms with Gasteiger partial charge in [-0.15, -0.1) is 23.1 Å². The van der Waals surface area contributed by atoms with Crippen molar-refractivity contribution in [2.45, 2.75) is 25.7 Å². The fraction of sp³-hybridized carbons (Fsp3) is 0.267. The van der Waals surface area contributed by atoms with E-state index in [4.69, 9.17) is 0 Å². The van der Waals surface area contributed by atoms with Crippen LogP contribution < -0.4 is 0 Å². The highest BCUT2D eigenvalue weighted by Gasteiger charge is 2.09. The molecule has 0 fully saturated rings. The van der Waals surface area contributed by atoms with E-state index in [0.717, 1.165) is 4.88 Å². The molecule has 94 valence electrons. The minimum absolute atomic E-state index is 0.219. The van der Waals surface area contributed by atoms with Crippen molar-refractivity contribution in [3.8, 4) is 0 Å². The Morgan fingerprint density at radius 3 is 2.50 bits per heavy atom. The van der Waals surface area contributed by atoms with Gasteiger partial charge < -0.3 is 0 Å². The van der Waals surface area contributed by atoms with Crippen molar-refractivity contribution in [3.05, 3.63) is 51.2 Å². The van der Waals surface area contributed by atoms with Crippen LogP contribution in [0.3, 0.4) is 0 Å². The van der Waals surface area contributed by atoms with E-state index < -0.39 is 0 Å². The van der Waals surface area contributed by atoms with Gasteiger partial charge in [0.25, 0.3) is 0 Å². The second-order valence-corrected chi connectivity index (χ2v) is 6.70. The zero-order chi connectivity index (χ0) is 13.1. The Hall–Kier alpha value is -1.06. The number of benzene rings is 1. The topological polar surface area (TPSA) is 17.1 Å². The van der Waals surface area contributed by atoms with Crippen molar-refractivity contribution in [3.63, 3.8) is 0 Å². The molecule has 0 atom stereocenters. The summed E-state index contributed by atoms with van der Waals surface area (Å²) in [6.07, 6.45) is 0. The largest absolute Gasteiger partial charge is 0.292 e. The van der Waals surface area contributed by atoms with Crippen molar-refractivity contribution in [2.24, 2.45) is 0 Å². The summed E-state index contributed by atoms with van der Waals surface area (Å²) >= 11 is 3.19. The van der Waals surface area contributed by atoms with E-state index in [1.165, 1.54) is 20.9 Å². The minimum atomic E-state index is 0.219. The lowest BCUT2D eigenvalue weighted by molar-refractivity contribution is 0.102. The molecule has 0 aliphatic rings. The summed E-state index contributed by atoms with van der Waals surface area (Å²) in [6, 6.07) is 10.3. The Morgan fingerprint density at radius 1 is 1.11 bits per heavy atom. The number of hydrogen-bond acceptors (Lipinski definition) is 3. The predicted octanol–water partition coefficient (Wildman–Crippen LogP) is 4.65. The highest BCUT2D eigenvalue weighted by Crippen LogP contribution is 2.23. The van der Waals surface area contributed by atoms with Gasteiger partial charge in [-0.2, -0.15) is 0 Å². The van der Waals surface area contributed by atoms with Gasteiger partial charge in [-0.3, -0.25) is 4.79 Å². The number of thiophene rings is 1. The molecular weight excluding hydrogens is 260 g/mol. The van der Waals surface area contributed by atoms with Crippen molar-refractivity contribution in [1.29, 1.82) is 0 Å². The summed E-state index contributed by atoms with van der Waals surface area (Å²) in [7, 11) is 0. The van der Waals surface area contributed by atoms with Gasteiger partial charge in [0.15, 0.2) is 5.78 Å². The third kappa shape index (κ3) is 3.24. The molecule has 1 aromatic heterocycles. The van der Waals surface area contributed by atoms with Gasteiger partial charge in [-0.1, -0.05) is 6.07 Å². The van der Waals surface area contributed by atoms with E-state index in [0.29, 0.717) is 5.75 Å². The third-order valence-corrected chi connectivity index (χ3v) is 4.90. The molecule has 1 aromatic carbocycles. The number of carbonyl (C=O) groups is 1. The van der Waals surface area contributed by atoms with Crippen LogP contribution in [0.15, 0.2) is 35.2 Å². The zero-order valence-electron chi connectivity index (χ0n) is 10.8. The van der Waals surface area contributed by atoms with Crippen molar-refractivity contribution in [2.75, 3.05) is 5.75 Å². The highest BCUT2D eigenvalue weighted by molar-refractivity contribution is 8.00. The van der Waals surface area contributed by atoms with Gasteiger partial charge in [0, 0.05) is 9.77 Å². The number of hydrogen-bond donors (Lipinski definition) is 0. The molecule has 0 unspecified atom stereocenters. The normalized spacial score (nSPS) is 10.6. The molecule has 0 saturated carbocycles.